The second kappa shape index (κ2) is 8.24. The van der Waals surface area contributed by atoms with Crippen LogP contribution in [-0.2, 0) is 33.3 Å². The van der Waals surface area contributed by atoms with Gasteiger partial charge in [0.25, 0.3) is 0 Å². The molecule has 7 rings (SSSR count). The molecule has 0 aromatic carbocycles. The van der Waals surface area contributed by atoms with Crippen LogP contribution in [0.1, 0.15) is 72.3 Å². The van der Waals surface area contributed by atoms with Gasteiger partial charge in [-0.15, -0.1) is 0 Å². The van der Waals surface area contributed by atoms with Crippen LogP contribution in [0.3, 0.4) is 0 Å². The lowest BCUT2D eigenvalue weighted by Crippen LogP contribution is -2.83. The Bertz CT molecular complexity index is 1360. The van der Waals surface area contributed by atoms with Crippen LogP contribution < -0.4 is 0 Å². The maximum Gasteiger partial charge on any atom is 0.303 e. The molecule has 11 heteroatoms. The molecule has 2 saturated heterocycles. The van der Waals surface area contributed by atoms with E-state index >= 15 is 4.79 Å². The van der Waals surface area contributed by atoms with Crippen molar-refractivity contribution in [3.8, 4) is 0 Å². The SMILES string of the molecule is CC(=O)O[C@H]1C[C@H](O)[C@@]23CO[C@](C)(O)[C@]1(C)[C@H]2C[C@@H](O)[C@@]1(C)[C@@H]3C(=O)[C@H](OC(C)=O)[C@@]2(C)[C@H](c3ccoc3)C[C@@H]3O[C@@]312. The second-order valence-corrected chi connectivity index (χ2v) is 14.4. The molecule has 1 aromatic rings. The Morgan fingerprint density at radius 3 is 2.26 bits per heavy atom. The van der Waals surface area contributed by atoms with Crippen molar-refractivity contribution < 1.29 is 53.1 Å². The number of esters is 2. The number of ether oxygens (including phenoxy) is 4. The van der Waals surface area contributed by atoms with E-state index in [2.05, 4.69) is 0 Å². The number of aliphatic hydroxyl groups is 3. The van der Waals surface area contributed by atoms with E-state index in [1.807, 2.05) is 19.9 Å². The van der Waals surface area contributed by atoms with Gasteiger partial charge in [-0.25, -0.2) is 0 Å². The largest absolute Gasteiger partial charge is 0.472 e. The van der Waals surface area contributed by atoms with Crippen LogP contribution >= 0.6 is 0 Å². The van der Waals surface area contributed by atoms with Crippen molar-refractivity contribution >= 4 is 17.7 Å². The Morgan fingerprint density at radius 1 is 0.952 bits per heavy atom. The molecule has 0 unspecified atom stereocenters. The number of Topliss-reactive ketones (excluding diaryl/α,β-unsaturated/α-hetero) is 1. The van der Waals surface area contributed by atoms with Crippen molar-refractivity contribution in [1.82, 2.24) is 0 Å². The zero-order valence-corrected chi connectivity index (χ0v) is 24.8. The minimum atomic E-state index is -1.80. The Kier molecular flexibility index (Phi) is 5.58. The quantitative estimate of drug-likeness (QED) is 0.349. The average molecular weight is 589 g/mol. The van der Waals surface area contributed by atoms with Crippen molar-refractivity contribution in [2.24, 2.45) is 33.5 Å². The monoisotopic (exact) mass is 588 g/mol. The van der Waals surface area contributed by atoms with E-state index in [-0.39, 0.29) is 31.5 Å². The van der Waals surface area contributed by atoms with Crippen molar-refractivity contribution in [2.45, 2.75) is 109 Å². The van der Waals surface area contributed by atoms with Crippen molar-refractivity contribution in [3.05, 3.63) is 24.2 Å². The Morgan fingerprint density at radius 2 is 1.64 bits per heavy atom. The van der Waals surface area contributed by atoms with Gasteiger partial charge in [0.1, 0.15) is 11.7 Å². The summed E-state index contributed by atoms with van der Waals surface area (Å²) in [4.78, 5) is 39.9. The third kappa shape index (κ3) is 2.84. The lowest BCUT2D eigenvalue weighted by atomic mass is 9.32. The number of ketones is 1. The number of carbonyl (C=O) groups is 3. The Labute approximate surface area is 243 Å². The molecule has 0 radical (unpaired) electrons. The maximum absolute atomic E-state index is 15.1. The number of furan rings is 1. The molecular weight excluding hydrogens is 548 g/mol. The molecule has 11 nitrogen and oxygen atoms in total. The molecule has 14 atom stereocenters. The summed E-state index contributed by atoms with van der Waals surface area (Å²) < 4.78 is 29.8. The van der Waals surface area contributed by atoms with E-state index < -0.39 is 87.0 Å². The predicted molar refractivity (Wildman–Crippen MR) is 141 cm³/mol. The minimum absolute atomic E-state index is 0.0352. The molecule has 6 aliphatic rings. The summed E-state index contributed by atoms with van der Waals surface area (Å²) in [6, 6.07) is 1.84. The Hall–Kier alpha value is -2.31. The molecule has 1 spiro atoms. The summed E-state index contributed by atoms with van der Waals surface area (Å²) in [5.74, 6) is -5.43. The molecule has 3 heterocycles. The third-order valence-corrected chi connectivity index (χ3v) is 13.1. The molecule has 6 fully saturated rings. The molecule has 3 N–H and O–H groups in total. The van der Waals surface area contributed by atoms with Crippen molar-refractivity contribution in [3.63, 3.8) is 0 Å². The van der Waals surface area contributed by atoms with E-state index in [1.165, 1.54) is 20.8 Å². The van der Waals surface area contributed by atoms with Gasteiger partial charge in [0.15, 0.2) is 17.7 Å². The smallest absolute Gasteiger partial charge is 0.303 e. The van der Waals surface area contributed by atoms with Crippen LogP contribution in [0.5, 0.6) is 0 Å². The first-order valence-corrected chi connectivity index (χ1v) is 14.9. The van der Waals surface area contributed by atoms with Gasteiger partial charge in [-0.05, 0) is 37.3 Å². The normalized spacial score (nSPS) is 55.5. The van der Waals surface area contributed by atoms with E-state index in [0.717, 1.165) is 5.56 Å². The van der Waals surface area contributed by atoms with E-state index in [9.17, 15) is 24.9 Å². The van der Waals surface area contributed by atoms with Crippen LogP contribution in [0.4, 0.5) is 0 Å². The first-order valence-electron chi connectivity index (χ1n) is 14.9. The molecular formula is C31H40O11. The second-order valence-electron chi connectivity index (χ2n) is 14.4. The van der Waals surface area contributed by atoms with Gasteiger partial charge in [0.2, 0.25) is 0 Å². The van der Waals surface area contributed by atoms with Crippen LogP contribution in [0.2, 0.25) is 0 Å². The molecule has 2 bridgehead atoms. The summed E-state index contributed by atoms with van der Waals surface area (Å²) in [6.45, 7) is 9.35. The van der Waals surface area contributed by atoms with Crippen molar-refractivity contribution in [2.75, 3.05) is 6.61 Å². The van der Waals surface area contributed by atoms with Gasteiger partial charge in [0, 0.05) is 42.9 Å². The number of hydrogen-bond acceptors (Lipinski definition) is 11. The zero-order chi connectivity index (χ0) is 30.4. The fraction of sp³-hybridized carbons (Fsp3) is 0.774. The zero-order valence-electron chi connectivity index (χ0n) is 24.8. The molecule has 4 aliphatic carbocycles. The molecule has 0 amide bonds. The highest BCUT2D eigenvalue weighted by molar-refractivity contribution is 5.93. The van der Waals surface area contributed by atoms with E-state index in [0.29, 0.717) is 6.42 Å². The maximum atomic E-state index is 15.1. The van der Waals surface area contributed by atoms with Gasteiger partial charge in [-0.3, -0.25) is 14.4 Å². The first kappa shape index (κ1) is 28.5. The number of carbonyl (C=O) groups excluding carboxylic acids is 3. The van der Waals surface area contributed by atoms with Crippen LogP contribution in [0.25, 0.3) is 0 Å². The topological polar surface area (TPSA) is 165 Å². The summed E-state index contributed by atoms with van der Waals surface area (Å²) in [5.41, 5.74) is -5.05. The predicted octanol–water partition coefficient (Wildman–Crippen LogP) is 1.86. The van der Waals surface area contributed by atoms with E-state index in [4.69, 9.17) is 23.4 Å². The Balaban J connectivity index is 1.45. The molecule has 230 valence electrons. The highest BCUT2D eigenvalue weighted by Gasteiger charge is 2.93. The number of rotatable bonds is 3. The summed E-state index contributed by atoms with van der Waals surface area (Å²) in [7, 11) is 0. The molecule has 1 aromatic heterocycles. The highest BCUT2D eigenvalue weighted by Crippen LogP contribution is 2.83. The van der Waals surface area contributed by atoms with Crippen molar-refractivity contribution in [1.29, 1.82) is 0 Å². The standard InChI is InChI=1S/C31H40O11/c1-14(32)40-21-11-20(35)30-13-39-29(6,37)27(21,4)18(30)10-19(34)28(5)24(30)23(36)25(41-15(2)33)26(3)17(16-7-8-38-12-16)9-22-31(26,28)42-22/h7-8,12,17-22,24-25,34-35,37H,9-11,13H2,1-6H3/t17-,18+,19+,20-,21-,22-,24-,25-,26+,27+,28-,29-,30+,31+/m0/s1. The molecule has 4 saturated carbocycles. The average Bonchev–Trinajstić information content (AvgIpc) is 3.26. The summed E-state index contributed by atoms with van der Waals surface area (Å²) >= 11 is 0. The third-order valence-electron chi connectivity index (χ3n) is 13.1. The fourth-order valence-electron chi connectivity index (χ4n) is 11.3. The van der Waals surface area contributed by atoms with Crippen LogP contribution in [-0.4, -0.2) is 81.6 Å². The summed E-state index contributed by atoms with van der Waals surface area (Å²) in [5, 5.41) is 36.0. The highest BCUT2D eigenvalue weighted by atomic mass is 16.6. The molecule has 42 heavy (non-hydrogen) atoms. The molecule has 2 aliphatic heterocycles. The van der Waals surface area contributed by atoms with Gasteiger partial charge in [0.05, 0.1) is 48.3 Å². The number of epoxide rings is 1. The van der Waals surface area contributed by atoms with Gasteiger partial charge in [-0.1, -0.05) is 20.8 Å². The fourth-order valence-corrected chi connectivity index (χ4v) is 11.3. The van der Waals surface area contributed by atoms with Gasteiger partial charge in [-0.2, -0.15) is 0 Å². The number of hydrogen-bond donors (Lipinski definition) is 3. The number of fused-ring (bicyclic) bond motifs is 1. The number of aliphatic hydroxyl groups excluding tert-OH is 2. The lowest BCUT2D eigenvalue weighted by molar-refractivity contribution is -0.410. The minimum Gasteiger partial charge on any atom is -0.472 e. The summed E-state index contributed by atoms with van der Waals surface area (Å²) in [6.07, 6.45) is -1.02. The lowest BCUT2D eigenvalue weighted by Gasteiger charge is -2.74. The first-order chi connectivity index (χ1) is 19.5. The van der Waals surface area contributed by atoms with E-state index in [1.54, 1.807) is 19.5 Å². The van der Waals surface area contributed by atoms with Crippen LogP contribution in [0.15, 0.2) is 23.0 Å². The van der Waals surface area contributed by atoms with Crippen LogP contribution in [0, 0.1) is 33.5 Å². The van der Waals surface area contributed by atoms with Gasteiger partial charge >= 0.3 is 11.9 Å². The van der Waals surface area contributed by atoms with Gasteiger partial charge < -0.3 is 38.7 Å².